The number of nitrogens with two attached hydrogens (primary N) is 1. The maximum Gasteiger partial charge on any atom is 0.224 e. The van der Waals surface area contributed by atoms with E-state index in [9.17, 15) is 9.59 Å². The SMILES string of the molecule is Cc1nnnn1CCC(=O)N1CC[C@@H]2[C@@H](CCC(=O)N2CCCN)C1. The number of aryl methyl sites for hydroxylation is 2. The number of nitrogens with zero attached hydrogens (tertiary/aromatic N) is 6. The van der Waals surface area contributed by atoms with Crippen LogP contribution in [0, 0.1) is 12.8 Å². The number of aromatic nitrogens is 4. The lowest BCUT2D eigenvalue weighted by Gasteiger charge is -2.47. The Morgan fingerprint density at radius 2 is 2.16 bits per heavy atom. The van der Waals surface area contributed by atoms with Gasteiger partial charge in [0.1, 0.15) is 5.82 Å². The normalized spacial score (nSPS) is 23.7. The lowest BCUT2D eigenvalue weighted by atomic mass is 9.83. The smallest absolute Gasteiger partial charge is 0.224 e. The second-order valence-corrected chi connectivity index (χ2v) is 6.92. The average molecular weight is 349 g/mol. The molecule has 0 saturated carbocycles. The minimum atomic E-state index is 0.138. The lowest BCUT2D eigenvalue weighted by molar-refractivity contribution is -0.144. The highest BCUT2D eigenvalue weighted by atomic mass is 16.2. The van der Waals surface area contributed by atoms with Gasteiger partial charge >= 0.3 is 0 Å². The zero-order valence-electron chi connectivity index (χ0n) is 14.8. The number of piperidine rings is 2. The second kappa shape index (κ2) is 7.90. The minimum Gasteiger partial charge on any atom is -0.342 e. The van der Waals surface area contributed by atoms with Gasteiger partial charge in [0.05, 0.1) is 6.54 Å². The Balaban J connectivity index is 1.54. The van der Waals surface area contributed by atoms with Gasteiger partial charge < -0.3 is 15.5 Å². The third-order valence-electron chi connectivity index (χ3n) is 5.35. The van der Waals surface area contributed by atoms with E-state index in [0.29, 0.717) is 44.2 Å². The fraction of sp³-hybridized carbons (Fsp3) is 0.812. The van der Waals surface area contributed by atoms with E-state index in [-0.39, 0.29) is 17.9 Å². The number of tetrazole rings is 1. The van der Waals surface area contributed by atoms with Gasteiger partial charge in [0.15, 0.2) is 0 Å². The highest BCUT2D eigenvalue weighted by molar-refractivity contribution is 5.78. The van der Waals surface area contributed by atoms with Gasteiger partial charge in [0, 0.05) is 38.5 Å². The highest BCUT2D eigenvalue weighted by Crippen LogP contribution is 2.31. The third-order valence-corrected chi connectivity index (χ3v) is 5.35. The number of fused-ring (bicyclic) bond motifs is 1. The van der Waals surface area contributed by atoms with Crippen LogP contribution in [0.4, 0.5) is 0 Å². The molecule has 0 radical (unpaired) electrons. The van der Waals surface area contributed by atoms with E-state index < -0.39 is 0 Å². The van der Waals surface area contributed by atoms with Crippen molar-refractivity contribution >= 4 is 11.8 Å². The Hall–Kier alpha value is -2.03. The molecule has 3 rings (SSSR count). The fourth-order valence-electron chi connectivity index (χ4n) is 3.95. The molecule has 2 aliphatic heterocycles. The molecule has 2 saturated heterocycles. The van der Waals surface area contributed by atoms with Crippen LogP contribution in [-0.4, -0.2) is 74.0 Å². The van der Waals surface area contributed by atoms with Crippen molar-refractivity contribution < 1.29 is 9.59 Å². The van der Waals surface area contributed by atoms with Crippen molar-refractivity contribution in [1.82, 2.24) is 30.0 Å². The molecule has 25 heavy (non-hydrogen) atoms. The molecule has 2 fully saturated rings. The fourth-order valence-corrected chi connectivity index (χ4v) is 3.95. The maximum absolute atomic E-state index is 12.5. The maximum atomic E-state index is 12.5. The topological polar surface area (TPSA) is 110 Å². The monoisotopic (exact) mass is 349 g/mol. The van der Waals surface area contributed by atoms with Gasteiger partial charge in [-0.05, 0) is 49.1 Å². The standard InChI is InChI=1S/C16H27N7O2/c1-12-18-19-20-23(12)10-6-15(24)21-9-5-14-13(11-21)3-4-16(25)22(14)8-2-7-17/h13-14H,2-11,17H2,1H3/t13-,14+/m0/s1. The van der Waals surface area contributed by atoms with E-state index in [1.54, 1.807) is 4.68 Å². The Bertz CT molecular complexity index is 617. The van der Waals surface area contributed by atoms with Crippen molar-refractivity contribution in [3.05, 3.63) is 5.82 Å². The van der Waals surface area contributed by atoms with Crippen LogP contribution < -0.4 is 5.73 Å². The van der Waals surface area contributed by atoms with Crippen molar-refractivity contribution in [3.8, 4) is 0 Å². The van der Waals surface area contributed by atoms with Gasteiger partial charge in [-0.15, -0.1) is 5.10 Å². The van der Waals surface area contributed by atoms with E-state index in [0.717, 1.165) is 32.4 Å². The molecule has 2 aliphatic rings. The van der Waals surface area contributed by atoms with Gasteiger partial charge in [-0.1, -0.05) is 0 Å². The summed E-state index contributed by atoms with van der Waals surface area (Å²) < 4.78 is 1.65. The summed E-state index contributed by atoms with van der Waals surface area (Å²) in [5, 5.41) is 11.3. The molecular weight excluding hydrogens is 322 g/mol. The Labute approximate surface area is 147 Å². The van der Waals surface area contributed by atoms with Crippen molar-refractivity contribution in [3.63, 3.8) is 0 Å². The summed E-state index contributed by atoms with van der Waals surface area (Å²) in [5.41, 5.74) is 5.60. The molecule has 3 heterocycles. The van der Waals surface area contributed by atoms with E-state index in [1.807, 2.05) is 16.7 Å². The highest BCUT2D eigenvalue weighted by Gasteiger charge is 2.39. The summed E-state index contributed by atoms with van der Waals surface area (Å²) in [6.45, 7) is 5.12. The summed E-state index contributed by atoms with van der Waals surface area (Å²) in [4.78, 5) is 28.7. The van der Waals surface area contributed by atoms with Gasteiger partial charge in [-0.25, -0.2) is 4.68 Å². The molecule has 0 unspecified atom stereocenters. The summed E-state index contributed by atoms with van der Waals surface area (Å²) >= 11 is 0. The van der Waals surface area contributed by atoms with E-state index >= 15 is 0 Å². The first-order chi connectivity index (χ1) is 12.1. The van der Waals surface area contributed by atoms with Gasteiger partial charge in [0.2, 0.25) is 11.8 Å². The molecule has 1 aromatic rings. The molecule has 2 N–H and O–H groups in total. The molecule has 138 valence electrons. The number of amides is 2. The largest absolute Gasteiger partial charge is 0.342 e. The van der Waals surface area contributed by atoms with Crippen LogP contribution in [-0.2, 0) is 16.1 Å². The molecule has 0 aliphatic carbocycles. The van der Waals surface area contributed by atoms with Gasteiger partial charge in [0.25, 0.3) is 0 Å². The molecule has 0 aromatic carbocycles. The van der Waals surface area contributed by atoms with Crippen LogP contribution >= 0.6 is 0 Å². The Kier molecular flexibility index (Phi) is 5.62. The van der Waals surface area contributed by atoms with Crippen LogP contribution in [0.15, 0.2) is 0 Å². The quantitative estimate of drug-likeness (QED) is 0.745. The first-order valence-corrected chi connectivity index (χ1v) is 9.10. The number of likely N-dealkylation sites (tertiary alicyclic amines) is 2. The van der Waals surface area contributed by atoms with Crippen LogP contribution in [0.1, 0.15) is 37.9 Å². The average Bonchev–Trinajstić information content (AvgIpc) is 3.03. The zero-order valence-corrected chi connectivity index (χ0v) is 14.8. The predicted octanol–water partition coefficient (Wildman–Crippen LogP) is -0.440. The van der Waals surface area contributed by atoms with Crippen LogP contribution in [0.2, 0.25) is 0 Å². The first kappa shape index (κ1) is 17.8. The zero-order chi connectivity index (χ0) is 17.8. The van der Waals surface area contributed by atoms with E-state index in [4.69, 9.17) is 5.73 Å². The minimum absolute atomic E-state index is 0.138. The predicted molar refractivity (Wildman–Crippen MR) is 90.3 cm³/mol. The number of rotatable bonds is 6. The molecule has 2 atom stereocenters. The number of hydrogen-bond donors (Lipinski definition) is 1. The number of carbonyl (C=O) groups excluding carboxylic acids is 2. The summed E-state index contributed by atoms with van der Waals surface area (Å²) in [7, 11) is 0. The molecular formula is C16H27N7O2. The summed E-state index contributed by atoms with van der Waals surface area (Å²) in [5.74, 6) is 1.47. The van der Waals surface area contributed by atoms with Crippen molar-refractivity contribution in [2.24, 2.45) is 11.7 Å². The van der Waals surface area contributed by atoms with Gasteiger partial charge in [-0.2, -0.15) is 0 Å². The molecule has 0 spiro atoms. The number of carbonyl (C=O) groups is 2. The van der Waals surface area contributed by atoms with E-state index in [1.165, 1.54) is 0 Å². The number of hydrogen-bond acceptors (Lipinski definition) is 6. The van der Waals surface area contributed by atoms with Crippen LogP contribution in [0.5, 0.6) is 0 Å². The second-order valence-electron chi connectivity index (χ2n) is 6.92. The molecule has 9 nitrogen and oxygen atoms in total. The van der Waals surface area contributed by atoms with E-state index in [2.05, 4.69) is 15.5 Å². The summed E-state index contributed by atoms with van der Waals surface area (Å²) in [6.07, 6.45) is 3.55. The Morgan fingerprint density at radius 1 is 1.32 bits per heavy atom. The Morgan fingerprint density at radius 3 is 2.88 bits per heavy atom. The van der Waals surface area contributed by atoms with Crippen LogP contribution in [0.25, 0.3) is 0 Å². The van der Waals surface area contributed by atoms with Crippen molar-refractivity contribution in [2.75, 3.05) is 26.2 Å². The molecule has 9 heteroatoms. The van der Waals surface area contributed by atoms with Gasteiger partial charge in [-0.3, -0.25) is 9.59 Å². The summed E-state index contributed by atoms with van der Waals surface area (Å²) in [6, 6.07) is 0.263. The third kappa shape index (κ3) is 3.97. The van der Waals surface area contributed by atoms with Crippen LogP contribution in [0.3, 0.4) is 0 Å². The molecule has 0 bridgehead atoms. The van der Waals surface area contributed by atoms with Crippen molar-refractivity contribution in [1.29, 1.82) is 0 Å². The molecule has 2 amide bonds. The first-order valence-electron chi connectivity index (χ1n) is 9.10. The lowest BCUT2D eigenvalue weighted by Crippen LogP contribution is -2.57. The van der Waals surface area contributed by atoms with Crippen molar-refractivity contribution in [2.45, 2.75) is 51.6 Å². The molecule has 1 aromatic heterocycles.